The van der Waals surface area contributed by atoms with E-state index in [0.29, 0.717) is 6.54 Å². The second-order valence-electron chi connectivity index (χ2n) is 4.73. The van der Waals surface area contributed by atoms with Crippen LogP contribution in [0.3, 0.4) is 0 Å². The lowest BCUT2D eigenvalue weighted by molar-refractivity contribution is 0.205. The molecule has 2 amide bonds. The van der Waals surface area contributed by atoms with E-state index in [1.165, 1.54) is 10.3 Å². The summed E-state index contributed by atoms with van der Waals surface area (Å²) in [6.45, 7) is 0.421. The van der Waals surface area contributed by atoms with Crippen LogP contribution in [0.5, 0.6) is 0 Å². The Bertz CT molecular complexity index is 689. The minimum atomic E-state index is -0.236. The molecule has 0 aliphatic carbocycles. The van der Waals surface area contributed by atoms with E-state index >= 15 is 0 Å². The Kier molecular flexibility index (Phi) is 2.60. The highest BCUT2D eigenvalue weighted by Crippen LogP contribution is 2.29. The predicted octanol–water partition coefficient (Wildman–Crippen LogP) is 2.73. The lowest BCUT2D eigenvalue weighted by atomic mass is 10.0. The molecule has 0 radical (unpaired) electrons. The van der Waals surface area contributed by atoms with E-state index in [2.05, 4.69) is 24.3 Å². The van der Waals surface area contributed by atoms with Crippen molar-refractivity contribution in [3.63, 3.8) is 0 Å². The van der Waals surface area contributed by atoms with Crippen LogP contribution in [-0.4, -0.2) is 29.4 Å². The number of hydrogen-bond acceptors (Lipinski definition) is 2. The third-order valence-electron chi connectivity index (χ3n) is 3.63. The number of nitrogens with zero attached hydrogens (tertiary/aromatic N) is 3. The molecule has 94 valence electrons. The molecule has 1 unspecified atom stereocenters. The summed E-state index contributed by atoms with van der Waals surface area (Å²) in [5.74, 6) is 0. The van der Waals surface area contributed by atoms with E-state index in [1.54, 1.807) is 11.9 Å². The van der Waals surface area contributed by atoms with Gasteiger partial charge in [0.25, 0.3) is 0 Å². The first kappa shape index (κ1) is 11.5. The van der Waals surface area contributed by atoms with Gasteiger partial charge in [-0.15, -0.1) is 0 Å². The number of carbonyl (C=O) groups excluding carboxylic acids is 1. The van der Waals surface area contributed by atoms with E-state index < -0.39 is 0 Å². The zero-order chi connectivity index (χ0) is 13.4. The van der Waals surface area contributed by atoms with Crippen LogP contribution < -0.4 is 0 Å². The average molecular weight is 251 g/mol. The molecule has 0 bridgehead atoms. The maximum atomic E-state index is 11.8. The first-order valence-electron chi connectivity index (χ1n) is 6.13. The highest BCUT2D eigenvalue weighted by atomic mass is 16.2. The van der Waals surface area contributed by atoms with Crippen molar-refractivity contribution >= 4 is 16.8 Å². The van der Waals surface area contributed by atoms with E-state index in [1.807, 2.05) is 24.4 Å². The second-order valence-corrected chi connectivity index (χ2v) is 4.73. The standard InChI is InChI=1S/C15H13N3O/c1-17-14(9-18(10-16)15(17)19)13-7-6-11-4-2-3-5-12(11)8-13/h2-8,14H,9H2,1H3. The van der Waals surface area contributed by atoms with Gasteiger partial charge < -0.3 is 4.90 Å². The highest BCUT2D eigenvalue weighted by molar-refractivity contribution is 5.84. The van der Waals surface area contributed by atoms with Gasteiger partial charge >= 0.3 is 6.03 Å². The van der Waals surface area contributed by atoms with Gasteiger partial charge in [-0.2, -0.15) is 5.26 Å². The molecule has 2 aromatic carbocycles. The Hall–Kier alpha value is -2.54. The fourth-order valence-corrected chi connectivity index (χ4v) is 2.52. The van der Waals surface area contributed by atoms with Crippen molar-refractivity contribution in [1.29, 1.82) is 5.26 Å². The molecule has 19 heavy (non-hydrogen) atoms. The number of nitriles is 1. The number of urea groups is 1. The number of rotatable bonds is 1. The molecule has 0 saturated carbocycles. The number of carbonyl (C=O) groups is 1. The van der Waals surface area contributed by atoms with Gasteiger partial charge in [-0.25, -0.2) is 9.69 Å². The molecule has 0 N–H and O–H groups in total. The topological polar surface area (TPSA) is 47.3 Å². The molecule has 0 spiro atoms. The van der Waals surface area contributed by atoms with E-state index in [0.717, 1.165) is 10.9 Å². The minimum Gasteiger partial charge on any atom is -0.318 e. The molecule has 1 atom stereocenters. The maximum absolute atomic E-state index is 11.8. The van der Waals surface area contributed by atoms with Crippen molar-refractivity contribution in [2.45, 2.75) is 6.04 Å². The molecule has 1 heterocycles. The van der Waals surface area contributed by atoms with Gasteiger partial charge in [-0.3, -0.25) is 0 Å². The first-order chi connectivity index (χ1) is 9.20. The Labute approximate surface area is 111 Å². The number of benzene rings is 2. The molecule has 1 aliphatic heterocycles. The molecule has 4 heteroatoms. The number of amides is 2. The summed E-state index contributed by atoms with van der Waals surface area (Å²) in [6.07, 6.45) is 1.92. The summed E-state index contributed by atoms with van der Waals surface area (Å²) in [5.41, 5.74) is 1.06. The van der Waals surface area contributed by atoms with Crippen LogP contribution in [0.25, 0.3) is 10.8 Å². The molecular formula is C15H13N3O. The van der Waals surface area contributed by atoms with Crippen LogP contribution in [0.4, 0.5) is 4.79 Å². The summed E-state index contributed by atoms with van der Waals surface area (Å²) in [4.78, 5) is 14.6. The molecule has 1 aliphatic rings. The molecule has 2 aromatic rings. The van der Waals surface area contributed by atoms with Crippen LogP contribution in [-0.2, 0) is 0 Å². The van der Waals surface area contributed by atoms with Gasteiger partial charge in [0.1, 0.15) is 0 Å². The van der Waals surface area contributed by atoms with Crippen molar-refractivity contribution < 1.29 is 4.79 Å². The fourth-order valence-electron chi connectivity index (χ4n) is 2.52. The number of hydrogen-bond donors (Lipinski definition) is 0. The Morgan fingerprint density at radius 1 is 1.21 bits per heavy atom. The maximum Gasteiger partial charge on any atom is 0.333 e. The van der Waals surface area contributed by atoms with Crippen molar-refractivity contribution in [3.8, 4) is 6.19 Å². The largest absolute Gasteiger partial charge is 0.333 e. The van der Waals surface area contributed by atoms with Gasteiger partial charge in [0.2, 0.25) is 0 Å². The van der Waals surface area contributed by atoms with Crippen molar-refractivity contribution in [1.82, 2.24) is 9.80 Å². The summed E-state index contributed by atoms with van der Waals surface area (Å²) in [7, 11) is 1.74. The Morgan fingerprint density at radius 3 is 2.63 bits per heavy atom. The summed E-state index contributed by atoms with van der Waals surface area (Å²) < 4.78 is 0. The normalized spacial score (nSPS) is 18.9. The van der Waals surface area contributed by atoms with Crippen LogP contribution in [0.15, 0.2) is 42.5 Å². The molecule has 0 aromatic heterocycles. The lowest BCUT2D eigenvalue weighted by Crippen LogP contribution is -2.26. The smallest absolute Gasteiger partial charge is 0.318 e. The second kappa shape index (κ2) is 4.29. The van der Waals surface area contributed by atoms with Crippen molar-refractivity contribution in [2.75, 3.05) is 13.6 Å². The van der Waals surface area contributed by atoms with Gasteiger partial charge in [0.05, 0.1) is 12.6 Å². The molecule has 1 fully saturated rings. The number of likely N-dealkylation sites (N-methyl/N-ethyl adjacent to an activating group) is 1. The van der Waals surface area contributed by atoms with Gasteiger partial charge in [-0.1, -0.05) is 36.4 Å². The van der Waals surface area contributed by atoms with Crippen LogP contribution in [0.2, 0.25) is 0 Å². The van der Waals surface area contributed by atoms with Crippen LogP contribution in [0, 0.1) is 11.5 Å². The minimum absolute atomic E-state index is 0.0586. The van der Waals surface area contributed by atoms with Gasteiger partial charge in [0.15, 0.2) is 6.19 Å². The Morgan fingerprint density at radius 2 is 1.95 bits per heavy atom. The SMILES string of the molecule is CN1C(=O)N(C#N)CC1c1ccc2ccccc2c1. The summed E-state index contributed by atoms with van der Waals surface area (Å²) in [6, 6.07) is 14.0. The predicted molar refractivity (Wildman–Crippen MR) is 72.2 cm³/mol. The number of fused-ring (bicyclic) bond motifs is 1. The van der Waals surface area contributed by atoms with E-state index in [4.69, 9.17) is 5.26 Å². The summed E-state index contributed by atoms with van der Waals surface area (Å²) >= 11 is 0. The van der Waals surface area contributed by atoms with Gasteiger partial charge in [0, 0.05) is 7.05 Å². The fraction of sp³-hybridized carbons (Fsp3) is 0.200. The zero-order valence-electron chi connectivity index (χ0n) is 10.6. The lowest BCUT2D eigenvalue weighted by Gasteiger charge is -2.18. The van der Waals surface area contributed by atoms with E-state index in [-0.39, 0.29) is 12.1 Å². The van der Waals surface area contributed by atoms with Crippen LogP contribution >= 0.6 is 0 Å². The third kappa shape index (κ3) is 1.80. The molecular weight excluding hydrogens is 238 g/mol. The molecule has 1 saturated heterocycles. The summed E-state index contributed by atoms with van der Waals surface area (Å²) in [5, 5.41) is 11.2. The quantitative estimate of drug-likeness (QED) is 0.732. The average Bonchev–Trinajstić information content (AvgIpc) is 2.74. The van der Waals surface area contributed by atoms with Gasteiger partial charge in [-0.05, 0) is 22.4 Å². The Balaban J connectivity index is 2.01. The zero-order valence-corrected chi connectivity index (χ0v) is 10.6. The van der Waals surface area contributed by atoms with Crippen molar-refractivity contribution in [2.24, 2.45) is 0 Å². The first-order valence-corrected chi connectivity index (χ1v) is 6.13. The van der Waals surface area contributed by atoms with E-state index in [9.17, 15) is 4.79 Å². The highest BCUT2D eigenvalue weighted by Gasteiger charge is 2.35. The van der Waals surface area contributed by atoms with Crippen LogP contribution in [0.1, 0.15) is 11.6 Å². The molecule has 4 nitrogen and oxygen atoms in total. The monoisotopic (exact) mass is 251 g/mol. The third-order valence-corrected chi connectivity index (χ3v) is 3.63. The molecule has 3 rings (SSSR count). The van der Waals surface area contributed by atoms with Crippen molar-refractivity contribution in [3.05, 3.63) is 48.0 Å².